The van der Waals surface area contributed by atoms with Crippen molar-refractivity contribution >= 4 is 12.1 Å². The number of carbonyl (C=O) groups is 2. The molecule has 1 unspecified atom stereocenters. The maximum absolute atomic E-state index is 12.4. The van der Waals surface area contributed by atoms with Gasteiger partial charge in [0.15, 0.2) is 0 Å². The van der Waals surface area contributed by atoms with Crippen LogP contribution in [0.2, 0.25) is 0 Å². The molecule has 6 nitrogen and oxygen atoms in total. The molecule has 0 aliphatic carbocycles. The number of likely N-dealkylation sites (tertiary alicyclic amines) is 1. The molecular weight excluding hydrogens is 320 g/mol. The van der Waals surface area contributed by atoms with Gasteiger partial charge in [0, 0.05) is 24.9 Å². The molecule has 1 saturated heterocycles. The van der Waals surface area contributed by atoms with Gasteiger partial charge in [0.2, 0.25) is 0 Å². The predicted octanol–water partition coefficient (Wildman–Crippen LogP) is 3.27. The maximum atomic E-state index is 12.4. The van der Waals surface area contributed by atoms with E-state index in [4.69, 9.17) is 14.7 Å². The van der Waals surface area contributed by atoms with Crippen molar-refractivity contribution < 1.29 is 19.1 Å². The van der Waals surface area contributed by atoms with E-state index in [-0.39, 0.29) is 25.4 Å². The highest BCUT2D eigenvalue weighted by Crippen LogP contribution is 2.37. The third-order valence-electron chi connectivity index (χ3n) is 4.40. The average molecular weight is 344 g/mol. The molecule has 1 aromatic carbocycles. The Labute approximate surface area is 148 Å². The molecule has 1 aliphatic heterocycles. The summed E-state index contributed by atoms with van der Waals surface area (Å²) in [7, 11) is 0. The van der Waals surface area contributed by atoms with Crippen LogP contribution in [0.3, 0.4) is 0 Å². The molecular formula is C19H24N2O4. The van der Waals surface area contributed by atoms with Gasteiger partial charge in [0.25, 0.3) is 0 Å². The molecule has 1 amide bonds. The largest absolute Gasteiger partial charge is 0.466 e. The molecule has 25 heavy (non-hydrogen) atoms. The van der Waals surface area contributed by atoms with Gasteiger partial charge in [-0.05, 0) is 25.3 Å². The van der Waals surface area contributed by atoms with Crippen LogP contribution in [0.4, 0.5) is 4.79 Å². The molecule has 2 rings (SSSR count). The number of nitrogens with zero attached hydrogens (tertiary/aromatic N) is 2. The lowest BCUT2D eigenvalue weighted by molar-refractivity contribution is -0.146. The highest BCUT2D eigenvalue weighted by Gasteiger charge is 2.39. The van der Waals surface area contributed by atoms with Gasteiger partial charge in [-0.2, -0.15) is 5.26 Å². The van der Waals surface area contributed by atoms with Gasteiger partial charge in [-0.1, -0.05) is 30.3 Å². The summed E-state index contributed by atoms with van der Waals surface area (Å²) in [4.78, 5) is 25.9. The van der Waals surface area contributed by atoms with Crippen LogP contribution in [0.5, 0.6) is 0 Å². The Morgan fingerprint density at radius 1 is 1.28 bits per heavy atom. The first-order valence-corrected chi connectivity index (χ1v) is 8.57. The Morgan fingerprint density at radius 2 is 2.04 bits per heavy atom. The number of nitriles is 1. The van der Waals surface area contributed by atoms with E-state index in [0.717, 1.165) is 18.4 Å². The van der Waals surface area contributed by atoms with Gasteiger partial charge in [-0.25, -0.2) is 4.79 Å². The summed E-state index contributed by atoms with van der Waals surface area (Å²) < 4.78 is 10.4. The van der Waals surface area contributed by atoms with Crippen molar-refractivity contribution in [2.45, 2.75) is 39.2 Å². The fourth-order valence-corrected chi connectivity index (χ4v) is 3.21. The van der Waals surface area contributed by atoms with Crippen LogP contribution in [0.1, 0.15) is 38.2 Å². The first-order chi connectivity index (χ1) is 12.1. The van der Waals surface area contributed by atoms with E-state index in [9.17, 15) is 9.59 Å². The lowest BCUT2D eigenvalue weighted by Crippen LogP contribution is -2.47. The van der Waals surface area contributed by atoms with Gasteiger partial charge >= 0.3 is 12.1 Å². The Kier molecular flexibility index (Phi) is 6.81. The number of rotatable bonds is 6. The monoisotopic (exact) mass is 344 g/mol. The summed E-state index contributed by atoms with van der Waals surface area (Å²) >= 11 is 0. The van der Waals surface area contributed by atoms with E-state index in [1.54, 1.807) is 11.8 Å². The molecule has 1 aromatic rings. The molecule has 0 radical (unpaired) electrons. The predicted molar refractivity (Wildman–Crippen MR) is 91.3 cm³/mol. The van der Waals surface area contributed by atoms with Gasteiger partial charge in [0.1, 0.15) is 6.61 Å². The zero-order chi connectivity index (χ0) is 18.1. The lowest BCUT2D eigenvalue weighted by atomic mass is 9.75. The summed E-state index contributed by atoms with van der Waals surface area (Å²) in [6.07, 6.45) is 1.42. The number of esters is 1. The molecule has 0 bridgehead atoms. The van der Waals surface area contributed by atoms with E-state index < -0.39 is 11.5 Å². The van der Waals surface area contributed by atoms with Crippen LogP contribution in [0.25, 0.3) is 0 Å². The average Bonchev–Trinajstić information content (AvgIpc) is 2.61. The maximum Gasteiger partial charge on any atom is 0.410 e. The molecule has 1 aliphatic rings. The first kappa shape index (κ1) is 18.8. The molecule has 0 aromatic heterocycles. The Hall–Kier alpha value is -2.55. The number of piperidine rings is 1. The van der Waals surface area contributed by atoms with E-state index in [1.165, 1.54) is 0 Å². The van der Waals surface area contributed by atoms with E-state index in [2.05, 4.69) is 6.07 Å². The van der Waals surface area contributed by atoms with Gasteiger partial charge < -0.3 is 14.4 Å². The van der Waals surface area contributed by atoms with Crippen LogP contribution in [0, 0.1) is 16.7 Å². The quantitative estimate of drug-likeness (QED) is 0.740. The van der Waals surface area contributed by atoms with Crippen LogP contribution in [-0.2, 0) is 20.9 Å². The number of hydrogen-bond donors (Lipinski definition) is 0. The molecule has 1 atom stereocenters. The van der Waals surface area contributed by atoms with E-state index in [1.807, 2.05) is 30.3 Å². The summed E-state index contributed by atoms with van der Waals surface area (Å²) in [6, 6.07) is 11.6. The fraction of sp³-hybridized carbons (Fsp3) is 0.526. The van der Waals surface area contributed by atoms with E-state index >= 15 is 0 Å². The molecule has 1 heterocycles. The number of amides is 1. The second-order valence-electron chi connectivity index (χ2n) is 6.38. The first-order valence-electron chi connectivity index (χ1n) is 8.57. The van der Waals surface area contributed by atoms with Gasteiger partial charge in [-0.15, -0.1) is 0 Å². The Morgan fingerprint density at radius 3 is 2.72 bits per heavy atom. The molecule has 0 spiro atoms. The SMILES string of the molecule is CCOC(=O)CC1(CC#N)CCCN(C(=O)OCc2ccccc2)C1. The summed E-state index contributed by atoms with van der Waals surface area (Å²) in [6.45, 7) is 3.18. The van der Waals surface area contributed by atoms with Crippen LogP contribution < -0.4 is 0 Å². The van der Waals surface area contributed by atoms with Crippen molar-refractivity contribution in [2.24, 2.45) is 5.41 Å². The minimum atomic E-state index is -0.551. The van der Waals surface area contributed by atoms with Crippen LogP contribution >= 0.6 is 0 Å². The van der Waals surface area contributed by atoms with E-state index in [0.29, 0.717) is 19.7 Å². The van der Waals surface area contributed by atoms with Crippen molar-refractivity contribution in [3.05, 3.63) is 35.9 Å². The van der Waals surface area contributed by atoms with Crippen molar-refractivity contribution in [3.8, 4) is 6.07 Å². The smallest absolute Gasteiger partial charge is 0.410 e. The second-order valence-corrected chi connectivity index (χ2v) is 6.38. The number of carbonyl (C=O) groups excluding carboxylic acids is 2. The summed E-state index contributed by atoms with van der Waals surface area (Å²) in [5.41, 5.74) is 0.369. The van der Waals surface area contributed by atoms with Crippen LogP contribution in [-0.4, -0.2) is 36.7 Å². The van der Waals surface area contributed by atoms with Gasteiger partial charge in [0.05, 0.1) is 19.1 Å². The molecule has 0 saturated carbocycles. The Balaban J connectivity index is 1.97. The van der Waals surface area contributed by atoms with Crippen LogP contribution in [0.15, 0.2) is 30.3 Å². The Bertz CT molecular complexity index is 626. The molecule has 0 N–H and O–H groups in total. The number of hydrogen-bond acceptors (Lipinski definition) is 5. The van der Waals surface area contributed by atoms with Gasteiger partial charge in [-0.3, -0.25) is 4.79 Å². The third kappa shape index (κ3) is 5.49. The molecule has 1 fully saturated rings. The van der Waals surface area contributed by atoms with Crippen molar-refractivity contribution in [2.75, 3.05) is 19.7 Å². The fourth-order valence-electron chi connectivity index (χ4n) is 3.21. The minimum absolute atomic E-state index is 0.150. The number of benzene rings is 1. The highest BCUT2D eigenvalue weighted by molar-refractivity contribution is 5.71. The highest BCUT2D eigenvalue weighted by atomic mass is 16.6. The number of ether oxygens (including phenoxy) is 2. The van der Waals surface area contributed by atoms with Crippen molar-refractivity contribution in [3.63, 3.8) is 0 Å². The topological polar surface area (TPSA) is 79.6 Å². The zero-order valence-corrected chi connectivity index (χ0v) is 14.6. The normalized spacial score (nSPS) is 19.8. The zero-order valence-electron chi connectivity index (χ0n) is 14.6. The van der Waals surface area contributed by atoms with Crippen molar-refractivity contribution in [1.82, 2.24) is 4.90 Å². The van der Waals surface area contributed by atoms with Crippen molar-refractivity contribution in [1.29, 1.82) is 5.26 Å². The third-order valence-corrected chi connectivity index (χ3v) is 4.40. The lowest BCUT2D eigenvalue weighted by Gasteiger charge is -2.40. The summed E-state index contributed by atoms with van der Waals surface area (Å²) in [5, 5.41) is 9.17. The minimum Gasteiger partial charge on any atom is -0.466 e. The second kappa shape index (κ2) is 9.07. The molecule has 6 heteroatoms. The standard InChI is InChI=1S/C19H24N2O4/c1-2-24-17(22)13-19(10-11-20)9-6-12-21(15-19)18(23)25-14-16-7-4-3-5-8-16/h3-5,7-8H,2,6,9-10,12-15H2,1H3. The summed E-state index contributed by atoms with van der Waals surface area (Å²) in [5.74, 6) is -0.322. The molecule has 134 valence electrons.